The number of nitrogens with one attached hydrogen (secondary N) is 2. The SMILES string of the molecule is CC(=O)NC(C)C(=O)Nc1c(F)cccc1C(=O)O. The molecule has 0 heterocycles. The van der Waals surface area contributed by atoms with Crippen LogP contribution in [-0.2, 0) is 9.59 Å². The van der Waals surface area contributed by atoms with Gasteiger partial charge in [-0.25, -0.2) is 9.18 Å². The van der Waals surface area contributed by atoms with Crippen LogP contribution in [0.1, 0.15) is 24.2 Å². The normalized spacial score (nSPS) is 11.5. The van der Waals surface area contributed by atoms with E-state index in [0.717, 1.165) is 6.07 Å². The summed E-state index contributed by atoms with van der Waals surface area (Å²) < 4.78 is 13.5. The van der Waals surface area contributed by atoms with Gasteiger partial charge in [0, 0.05) is 6.92 Å². The molecule has 0 aliphatic rings. The minimum absolute atomic E-state index is 0.358. The van der Waals surface area contributed by atoms with Gasteiger partial charge >= 0.3 is 5.97 Å². The highest BCUT2D eigenvalue weighted by Gasteiger charge is 2.20. The Morgan fingerprint density at radius 2 is 1.95 bits per heavy atom. The number of carboxylic acid groups (broad SMARTS) is 1. The fraction of sp³-hybridized carbons (Fsp3) is 0.250. The molecule has 7 heteroatoms. The summed E-state index contributed by atoms with van der Waals surface area (Å²) in [7, 11) is 0. The summed E-state index contributed by atoms with van der Waals surface area (Å²) in [6, 6.07) is 2.53. The van der Waals surface area contributed by atoms with Gasteiger partial charge in [0.1, 0.15) is 11.9 Å². The van der Waals surface area contributed by atoms with Crippen LogP contribution in [0.2, 0.25) is 0 Å². The van der Waals surface area contributed by atoms with Crippen molar-refractivity contribution in [1.29, 1.82) is 0 Å². The highest BCUT2D eigenvalue weighted by Crippen LogP contribution is 2.20. The Balaban J connectivity index is 2.96. The van der Waals surface area contributed by atoms with Gasteiger partial charge in [0.2, 0.25) is 11.8 Å². The summed E-state index contributed by atoms with van der Waals surface area (Å²) in [5.41, 5.74) is -0.777. The van der Waals surface area contributed by atoms with Crippen molar-refractivity contribution < 1.29 is 23.9 Å². The van der Waals surface area contributed by atoms with Gasteiger partial charge < -0.3 is 15.7 Å². The maximum Gasteiger partial charge on any atom is 0.337 e. The molecule has 102 valence electrons. The Morgan fingerprint density at radius 3 is 2.47 bits per heavy atom. The lowest BCUT2D eigenvalue weighted by Gasteiger charge is -2.14. The standard InChI is InChI=1S/C12H13FN2O4/c1-6(14-7(2)16)11(17)15-10-8(12(18)19)4-3-5-9(10)13/h3-6H,1-2H3,(H,14,16)(H,15,17)(H,18,19). The van der Waals surface area contributed by atoms with E-state index in [0.29, 0.717) is 0 Å². The molecule has 0 aliphatic heterocycles. The Morgan fingerprint density at radius 1 is 1.32 bits per heavy atom. The lowest BCUT2D eigenvalue weighted by atomic mass is 10.1. The van der Waals surface area contributed by atoms with E-state index >= 15 is 0 Å². The zero-order chi connectivity index (χ0) is 14.6. The number of aromatic carboxylic acids is 1. The van der Waals surface area contributed by atoms with Gasteiger partial charge in [0.15, 0.2) is 0 Å². The highest BCUT2D eigenvalue weighted by atomic mass is 19.1. The lowest BCUT2D eigenvalue weighted by molar-refractivity contribution is -0.124. The van der Waals surface area contributed by atoms with E-state index in [9.17, 15) is 18.8 Å². The molecule has 0 saturated heterocycles. The summed E-state index contributed by atoms with van der Waals surface area (Å²) >= 11 is 0. The van der Waals surface area contributed by atoms with E-state index in [1.165, 1.54) is 26.0 Å². The summed E-state index contributed by atoms with van der Waals surface area (Å²) in [4.78, 5) is 33.4. The predicted octanol–water partition coefficient (Wildman–Crippen LogP) is 0.987. The third-order valence-electron chi connectivity index (χ3n) is 2.31. The Hall–Kier alpha value is -2.44. The predicted molar refractivity (Wildman–Crippen MR) is 65.3 cm³/mol. The molecule has 1 aromatic carbocycles. The molecule has 0 saturated carbocycles. The van der Waals surface area contributed by atoms with Crippen LogP contribution in [0.25, 0.3) is 0 Å². The Bertz CT molecular complexity index is 530. The highest BCUT2D eigenvalue weighted by molar-refractivity contribution is 6.02. The Labute approximate surface area is 108 Å². The first-order valence-corrected chi connectivity index (χ1v) is 5.42. The van der Waals surface area contributed by atoms with Crippen molar-refractivity contribution in [3.63, 3.8) is 0 Å². The van der Waals surface area contributed by atoms with Crippen LogP contribution >= 0.6 is 0 Å². The van der Waals surface area contributed by atoms with Crippen LogP contribution in [0, 0.1) is 5.82 Å². The molecular weight excluding hydrogens is 255 g/mol. The van der Waals surface area contributed by atoms with Crippen molar-refractivity contribution in [3.05, 3.63) is 29.6 Å². The summed E-state index contributed by atoms with van der Waals surface area (Å²) in [6.45, 7) is 2.63. The van der Waals surface area contributed by atoms with Gasteiger partial charge in [-0.2, -0.15) is 0 Å². The van der Waals surface area contributed by atoms with Crippen molar-refractivity contribution in [3.8, 4) is 0 Å². The minimum atomic E-state index is -1.36. The van der Waals surface area contributed by atoms with Gasteiger partial charge in [-0.05, 0) is 19.1 Å². The summed E-state index contributed by atoms with van der Waals surface area (Å²) in [5, 5.41) is 13.4. The number of carbonyl (C=O) groups excluding carboxylic acids is 2. The molecule has 6 nitrogen and oxygen atoms in total. The fourth-order valence-electron chi connectivity index (χ4n) is 1.43. The maximum atomic E-state index is 13.5. The third-order valence-corrected chi connectivity index (χ3v) is 2.31. The third kappa shape index (κ3) is 3.77. The van der Waals surface area contributed by atoms with Gasteiger partial charge in [-0.3, -0.25) is 9.59 Å². The quantitative estimate of drug-likeness (QED) is 0.758. The number of carbonyl (C=O) groups is 3. The first-order chi connectivity index (χ1) is 8.82. The largest absolute Gasteiger partial charge is 0.478 e. The molecule has 3 N–H and O–H groups in total. The molecule has 0 aliphatic carbocycles. The summed E-state index contributed by atoms with van der Waals surface area (Å²) in [6.07, 6.45) is 0. The van der Waals surface area contributed by atoms with Crippen molar-refractivity contribution in [2.45, 2.75) is 19.9 Å². The van der Waals surface area contributed by atoms with E-state index in [1.807, 2.05) is 0 Å². The first-order valence-electron chi connectivity index (χ1n) is 5.42. The molecule has 1 aromatic rings. The topological polar surface area (TPSA) is 95.5 Å². The maximum absolute atomic E-state index is 13.5. The fourth-order valence-corrected chi connectivity index (χ4v) is 1.43. The molecule has 0 spiro atoms. The van der Waals surface area contributed by atoms with Crippen molar-refractivity contribution >= 4 is 23.5 Å². The zero-order valence-electron chi connectivity index (χ0n) is 10.4. The van der Waals surface area contributed by atoms with Crippen LogP contribution in [0.4, 0.5) is 10.1 Å². The number of carboxylic acids is 1. The second kappa shape index (κ2) is 5.94. The average Bonchev–Trinajstić information content (AvgIpc) is 2.30. The van der Waals surface area contributed by atoms with E-state index in [2.05, 4.69) is 10.6 Å². The molecule has 2 amide bonds. The molecule has 1 rings (SSSR count). The first kappa shape index (κ1) is 14.6. The van der Waals surface area contributed by atoms with Crippen molar-refractivity contribution in [1.82, 2.24) is 5.32 Å². The van der Waals surface area contributed by atoms with Crippen LogP contribution in [0.3, 0.4) is 0 Å². The van der Waals surface area contributed by atoms with Gasteiger partial charge in [0.05, 0.1) is 11.3 Å². The number of benzene rings is 1. The number of amides is 2. The molecule has 1 atom stereocenters. The second-order valence-corrected chi connectivity index (χ2v) is 3.88. The second-order valence-electron chi connectivity index (χ2n) is 3.88. The lowest BCUT2D eigenvalue weighted by Crippen LogP contribution is -2.40. The van der Waals surface area contributed by atoms with Crippen LogP contribution in [0.5, 0.6) is 0 Å². The number of anilines is 1. The van der Waals surface area contributed by atoms with E-state index in [-0.39, 0.29) is 5.56 Å². The molecule has 0 radical (unpaired) electrons. The van der Waals surface area contributed by atoms with Crippen molar-refractivity contribution in [2.24, 2.45) is 0 Å². The van der Waals surface area contributed by atoms with Crippen molar-refractivity contribution in [2.75, 3.05) is 5.32 Å². The number of para-hydroxylation sites is 1. The number of halogens is 1. The smallest absolute Gasteiger partial charge is 0.337 e. The molecule has 0 bridgehead atoms. The molecule has 1 unspecified atom stereocenters. The molecule has 0 aromatic heterocycles. The molecule has 19 heavy (non-hydrogen) atoms. The number of rotatable bonds is 4. The zero-order valence-corrected chi connectivity index (χ0v) is 10.4. The van der Waals surface area contributed by atoms with E-state index < -0.39 is 35.3 Å². The average molecular weight is 268 g/mol. The molecule has 0 fully saturated rings. The van der Waals surface area contributed by atoms with Crippen LogP contribution in [0.15, 0.2) is 18.2 Å². The number of hydrogen-bond acceptors (Lipinski definition) is 3. The van der Waals surface area contributed by atoms with E-state index in [1.54, 1.807) is 0 Å². The van der Waals surface area contributed by atoms with Gasteiger partial charge in [-0.1, -0.05) is 6.07 Å². The van der Waals surface area contributed by atoms with Crippen LogP contribution in [-0.4, -0.2) is 28.9 Å². The van der Waals surface area contributed by atoms with Gasteiger partial charge in [-0.15, -0.1) is 0 Å². The monoisotopic (exact) mass is 268 g/mol. The molecular formula is C12H13FN2O4. The summed E-state index contributed by atoms with van der Waals surface area (Å²) in [5.74, 6) is -3.34. The number of hydrogen-bond donors (Lipinski definition) is 3. The van der Waals surface area contributed by atoms with Gasteiger partial charge in [0.25, 0.3) is 0 Å². The van der Waals surface area contributed by atoms with Crippen LogP contribution < -0.4 is 10.6 Å². The Kier molecular flexibility index (Phi) is 4.57. The van der Waals surface area contributed by atoms with E-state index in [4.69, 9.17) is 5.11 Å². The minimum Gasteiger partial charge on any atom is -0.478 e.